The summed E-state index contributed by atoms with van der Waals surface area (Å²) < 4.78 is 3.44. The number of aryl methyl sites for hydroxylation is 1. The summed E-state index contributed by atoms with van der Waals surface area (Å²) in [5.74, 6) is 0. The van der Waals surface area contributed by atoms with Crippen LogP contribution in [0.15, 0.2) is 64.2 Å². The fourth-order valence-corrected chi connectivity index (χ4v) is 5.89. The van der Waals surface area contributed by atoms with Crippen molar-refractivity contribution in [3.8, 4) is 5.69 Å². The molecule has 2 aliphatic rings. The smallest absolute Gasteiger partial charge is 0.160 e. The standard InChI is InChI=1S/C23H23BrN4S/c1-14-12-19(16(3)28(14)18-9-7-17(24)8-10-18)22-21(20-6-4-5-11-25-20)26-23-27(22)13-15(2)29-23/h4-12,15,21-22H,13H2,1-3H3/t15-,21-,22+/m0/s1. The Hall–Kier alpha value is -2.05. The summed E-state index contributed by atoms with van der Waals surface area (Å²) >= 11 is 5.43. The molecule has 0 saturated carbocycles. The molecular formula is C23H23BrN4S. The highest BCUT2D eigenvalue weighted by Gasteiger charge is 2.44. The quantitative estimate of drug-likeness (QED) is 0.485. The number of hydrogen-bond donors (Lipinski definition) is 0. The second-order valence-electron chi connectivity index (χ2n) is 7.78. The molecule has 0 spiro atoms. The van der Waals surface area contributed by atoms with Crippen LogP contribution in [0.2, 0.25) is 0 Å². The zero-order valence-corrected chi connectivity index (χ0v) is 19.1. The van der Waals surface area contributed by atoms with Gasteiger partial charge in [-0.3, -0.25) is 9.98 Å². The molecule has 0 N–H and O–H groups in total. The Morgan fingerprint density at radius 1 is 1.10 bits per heavy atom. The van der Waals surface area contributed by atoms with E-state index in [4.69, 9.17) is 4.99 Å². The molecule has 3 atom stereocenters. The number of rotatable bonds is 3. The van der Waals surface area contributed by atoms with Gasteiger partial charge >= 0.3 is 0 Å². The molecule has 0 unspecified atom stereocenters. The average Bonchev–Trinajstić information content (AvgIpc) is 3.33. The first-order chi connectivity index (χ1) is 14.0. The number of hydrogen-bond acceptors (Lipinski definition) is 4. The highest BCUT2D eigenvalue weighted by Crippen LogP contribution is 2.48. The molecule has 1 aromatic carbocycles. The summed E-state index contributed by atoms with van der Waals surface area (Å²) in [6.07, 6.45) is 1.87. The molecular weight excluding hydrogens is 444 g/mol. The fourth-order valence-electron chi connectivity index (χ4n) is 4.53. The lowest BCUT2D eigenvalue weighted by Gasteiger charge is -2.27. The van der Waals surface area contributed by atoms with E-state index in [0.717, 1.165) is 21.9 Å². The zero-order valence-electron chi connectivity index (χ0n) is 16.7. The molecule has 6 heteroatoms. The molecule has 0 aliphatic carbocycles. The van der Waals surface area contributed by atoms with Crippen LogP contribution in [-0.2, 0) is 0 Å². The lowest BCUT2D eigenvalue weighted by molar-refractivity contribution is 0.320. The third-order valence-electron chi connectivity index (χ3n) is 5.76. The van der Waals surface area contributed by atoms with Crippen LogP contribution in [0, 0.1) is 13.8 Å². The second-order valence-corrected chi connectivity index (χ2v) is 10.1. The van der Waals surface area contributed by atoms with Crippen LogP contribution < -0.4 is 0 Å². The van der Waals surface area contributed by atoms with Crippen molar-refractivity contribution in [2.75, 3.05) is 6.54 Å². The maximum absolute atomic E-state index is 5.12. The van der Waals surface area contributed by atoms with Crippen molar-refractivity contribution in [3.63, 3.8) is 0 Å². The Kier molecular flexibility index (Phi) is 4.79. The Balaban J connectivity index is 1.62. The summed E-state index contributed by atoms with van der Waals surface area (Å²) in [5, 5.41) is 1.72. The third kappa shape index (κ3) is 3.22. The maximum atomic E-state index is 5.12. The van der Waals surface area contributed by atoms with Crippen LogP contribution in [0.5, 0.6) is 0 Å². The summed E-state index contributed by atoms with van der Waals surface area (Å²) in [5.41, 5.74) is 6.09. The van der Waals surface area contributed by atoms with E-state index in [1.165, 1.54) is 22.6 Å². The van der Waals surface area contributed by atoms with E-state index in [0.29, 0.717) is 5.25 Å². The van der Waals surface area contributed by atoms with Gasteiger partial charge in [0.05, 0.1) is 11.7 Å². The number of thioether (sulfide) groups is 1. The Labute approximate surface area is 184 Å². The average molecular weight is 467 g/mol. The molecule has 0 amide bonds. The fraction of sp³-hybridized carbons (Fsp3) is 0.304. The van der Waals surface area contributed by atoms with Gasteiger partial charge in [0.25, 0.3) is 0 Å². The molecule has 4 heterocycles. The Morgan fingerprint density at radius 2 is 1.90 bits per heavy atom. The van der Waals surface area contributed by atoms with Crippen molar-refractivity contribution in [2.24, 2.45) is 4.99 Å². The summed E-state index contributed by atoms with van der Waals surface area (Å²) in [7, 11) is 0. The minimum absolute atomic E-state index is 0.0325. The largest absolute Gasteiger partial charge is 0.341 e. The maximum Gasteiger partial charge on any atom is 0.160 e. The second kappa shape index (κ2) is 7.33. The Bertz CT molecular complexity index is 1070. The highest BCUT2D eigenvalue weighted by atomic mass is 79.9. The van der Waals surface area contributed by atoms with E-state index in [-0.39, 0.29) is 12.1 Å². The van der Waals surface area contributed by atoms with Crippen LogP contribution >= 0.6 is 27.7 Å². The van der Waals surface area contributed by atoms with E-state index in [9.17, 15) is 0 Å². The van der Waals surface area contributed by atoms with Crippen molar-refractivity contribution in [2.45, 2.75) is 38.1 Å². The van der Waals surface area contributed by atoms with Crippen molar-refractivity contribution in [1.82, 2.24) is 14.5 Å². The molecule has 2 aliphatic heterocycles. The SMILES string of the molecule is Cc1cc([C@@H]2[C@H](c3ccccn3)N=C3S[C@@H](C)CN32)c(C)n1-c1ccc(Br)cc1. The van der Waals surface area contributed by atoms with E-state index < -0.39 is 0 Å². The van der Waals surface area contributed by atoms with Gasteiger partial charge < -0.3 is 9.47 Å². The number of aromatic nitrogens is 2. The van der Waals surface area contributed by atoms with Gasteiger partial charge in [-0.25, -0.2) is 0 Å². The normalized spacial score (nSPS) is 23.4. The molecule has 148 valence electrons. The lowest BCUT2D eigenvalue weighted by atomic mass is 9.96. The number of fused-ring (bicyclic) bond motifs is 1. The van der Waals surface area contributed by atoms with Crippen molar-refractivity contribution < 1.29 is 0 Å². The van der Waals surface area contributed by atoms with Gasteiger partial charge in [-0.05, 0) is 61.9 Å². The van der Waals surface area contributed by atoms with Crippen LogP contribution in [0.25, 0.3) is 5.69 Å². The topological polar surface area (TPSA) is 33.4 Å². The van der Waals surface area contributed by atoms with Crippen LogP contribution in [0.3, 0.4) is 0 Å². The van der Waals surface area contributed by atoms with Gasteiger partial charge in [-0.15, -0.1) is 0 Å². The Morgan fingerprint density at radius 3 is 2.62 bits per heavy atom. The third-order valence-corrected chi connectivity index (χ3v) is 7.39. The van der Waals surface area contributed by atoms with Gasteiger partial charge in [0.15, 0.2) is 5.17 Å². The molecule has 4 nitrogen and oxygen atoms in total. The summed E-state index contributed by atoms with van der Waals surface area (Å²) in [6, 6.07) is 17.2. The first-order valence-corrected chi connectivity index (χ1v) is 11.6. The minimum atomic E-state index is 0.0325. The highest BCUT2D eigenvalue weighted by molar-refractivity contribution is 9.10. The minimum Gasteiger partial charge on any atom is -0.341 e. The van der Waals surface area contributed by atoms with Gasteiger partial charge in [-0.1, -0.05) is 40.7 Å². The molecule has 29 heavy (non-hydrogen) atoms. The van der Waals surface area contributed by atoms with Crippen LogP contribution in [-0.4, -0.2) is 31.4 Å². The molecule has 3 aromatic rings. The summed E-state index contributed by atoms with van der Waals surface area (Å²) in [4.78, 5) is 12.3. The molecule has 1 saturated heterocycles. The van der Waals surface area contributed by atoms with Crippen LogP contribution in [0.4, 0.5) is 0 Å². The first kappa shape index (κ1) is 18.9. The lowest BCUT2D eigenvalue weighted by Crippen LogP contribution is -2.28. The molecule has 2 aromatic heterocycles. The van der Waals surface area contributed by atoms with E-state index in [1.807, 2.05) is 24.0 Å². The predicted octanol–water partition coefficient (Wildman–Crippen LogP) is 5.84. The number of halogens is 1. The summed E-state index contributed by atoms with van der Waals surface area (Å²) in [6.45, 7) is 7.72. The molecule has 1 fully saturated rings. The van der Waals surface area contributed by atoms with Gasteiger partial charge in [0.2, 0.25) is 0 Å². The molecule has 5 rings (SSSR count). The van der Waals surface area contributed by atoms with Crippen LogP contribution in [0.1, 0.15) is 41.7 Å². The van der Waals surface area contributed by atoms with E-state index >= 15 is 0 Å². The monoisotopic (exact) mass is 466 g/mol. The number of amidine groups is 1. The number of aliphatic imine (C=N–C) groups is 1. The first-order valence-electron chi connectivity index (χ1n) is 9.89. The van der Waals surface area contributed by atoms with Gasteiger partial charge in [0.1, 0.15) is 6.04 Å². The van der Waals surface area contributed by atoms with Gasteiger partial charge in [-0.2, -0.15) is 0 Å². The van der Waals surface area contributed by atoms with Crippen molar-refractivity contribution in [1.29, 1.82) is 0 Å². The predicted molar refractivity (Wildman–Crippen MR) is 124 cm³/mol. The molecule has 0 bridgehead atoms. The van der Waals surface area contributed by atoms with Crippen molar-refractivity contribution in [3.05, 3.63) is 81.8 Å². The van der Waals surface area contributed by atoms with Crippen molar-refractivity contribution >= 4 is 32.9 Å². The number of benzene rings is 1. The number of pyridine rings is 1. The molecule has 0 radical (unpaired) electrons. The van der Waals surface area contributed by atoms with Gasteiger partial charge in [0, 0.05) is 39.5 Å². The van der Waals surface area contributed by atoms with E-state index in [1.54, 1.807) is 0 Å². The zero-order chi connectivity index (χ0) is 20.1. The van der Waals surface area contributed by atoms with E-state index in [2.05, 4.69) is 93.6 Å². The number of nitrogens with zero attached hydrogens (tertiary/aromatic N) is 4.